The highest BCUT2D eigenvalue weighted by Gasteiger charge is 2.11. The summed E-state index contributed by atoms with van der Waals surface area (Å²) in [5.41, 5.74) is 1.24. The van der Waals surface area contributed by atoms with E-state index in [1.807, 2.05) is 12.1 Å². The summed E-state index contributed by atoms with van der Waals surface area (Å²) in [6.45, 7) is 12.2. The van der Waals surface area contributed by atoms with Crippen LogP contribution in [-0.2, 0) is 6.54 Å². The molecule has 1 N–H and O–H groups in total. The Morgan fingerprint density at radius 1 is 1.11 bits per heavy atom. The van der Waals surface area contributed by atoms with Gasteiger partial charge in [-0.05, 0) is 45.5 Å². The molecule has 0 amide bonds. The van der Waals surface area contributed by atoms with Crippen LogP contribution in [0.3, 0.4) is 0 Å². The number of phenols is 1. The lowest BCUT2D eigenvalue weighted by molar-refractivity contribution is 0.211. The highest BCUT2D eigenvalue weighted by atomic mass is 79.9. The number of aromatic hydroxyl groups is 1. The van der Waals surface area contributed by atoms with Crippen LogP contribution in [0.15, 0.2) is 22.7 Å². The molecule has 0 unspecified atom stereocenters. The average molecular weight is 314 g/mol. The van der Waals surface area contributed by atoms with Gasteiger partial charge in [0, 0.05) is 19.6 Å². The van der Waals surface area contributed by atoms with Crippen molar-refractivity contribution < 1.29 is 5.11 Å². The predicted octanol–water partition coefficient (Wildman–Crippen LogP) is 4.27. The molecule has 0 aliphatic heterocycles. The number of benzene rings is 1. The van der Waals surface area contributed by atoms with E-state index in [9.17, 15) is 5.11 Å². The minimum atomic E-state index is 0.304. The van der Waals surface area contributed by atoms with Gasteiger partial charge in [0.25, 0.3) is 0 Å². The number of hydrogen-bond donors (Lipinski definition) is 1. The summed E-state index contributed by atoms with van der Waals surface area (Å²) < 4.78 is 0.772. The lowest BCUT2D eigenvalue weighted by Crippen LogP contribution is -2.30. The highest BCUT2D eigenvalue weighted by Crippen LogP contribution is 2.25. The monoisotopic (exact) mass is 313 g/mol. The van der Waals surface area contributed by atoms with Gasteiger partial charge in [-0.25, -0.2) is 0 Å². The Balaban J connectivity index is 2.71. The van der Waals surface area contributed by atoms with Crippen molar-refractivity contribution in [3.8, 4) is 5.75 Å². The van der Waals surface area contributed by atoms with Crippen LogP contribution in [0.2, 0.25) is 0 Å². The average Bonchev–Trinajstić information content (AvgIpc) is 2.21. The van der Waals surface area contributed by atoms with Crippen LogP contribution in [0.4, 0.5) is 0 Å². The van der Waals surface area contributed by atoms with Crippen LogP contribution in [0.5, 0.6) is 5.75 Å². The van der Waals surface area contributed by atoms with Crippen molar-refractivity contribution >= 4 is 15.9 Å². The number of phenolic OH excluding ortho intramolecular Hbond substituents is 1. The Bertz CT molecular complexity index is 367. The van der Waals surface area contributed by atoms with Gasteiger partial charge in [-0.15, -0.1) is 0 Å². The first-order valence-corrected chi connectivity index (χ1v) is 7.37. The zero-order chi connectivity index (χ0) is 13.7. The van der Waals surface area contributed by atoms with E-state index in [0.717, 1.165) is 24.1 Å². The molecule has 0 radical (unpaired) electrons. The molecule has 0 atom stereocenters. The SMILES string of the molecule is CC(C)CN(Cc1ccc(O)c(Br)c1)CC(C)C. The molecule has 0 heterocycles. The van der Waals surface area contributed by atoms with Gasteiger partial charge < -0.3 is 5.11 Å². The van der Waals surface area contributed by atoms with Crippen molar-refractivity contribution in [3.63, 3.8) is 0 Å². The van der Waals surface area contributed by atoms with Crippen LogP contribution < -0.4 is 0 Å². The van der Waals surface area contributed by atoms with E-state index < -0.39 is 0 Å². The van der Waals surface area contributed by atoms with E-state index in [4.69, 9.17) is 0 Å². The van der Waals surface area contributed by atoms with E-state index in [-0.39, 0.29) is 0 Å². The van der Waals surface area contributed by atoms with Crippen molar-refractivity contribution in [2.45, 2.75) is 34.2 Å². The fourth-order valence-electron chi connectivity index (χ4n) is 2.14. The number of nitrogens with zero attached hydrogens (tertiary/aromatic N) is 1. The predicted molar refractivity (Wildman–Crippen MR) is 80.8 cm³/mol. The summed E-state index contributed by atoms with van der Waals surface area (Å²) in [4.78, 5) is 2.48. The molecule has 102 valence electrons. The zero-order valence-electron chi connectivity index (χ0n) is 11.8. The third-order valence-corrected chi connectivity index (χ3v) is 3.30. The maximum Gasteiger partial charge on any atom is 0.129 e. The molecule has 1 aromatic rings. The maximum atomic E-state index is 9.51. The molecule has 1 rings (SSSR count). The molecule has 18 heavy (non-hydrogen) atoms. The molecule has 0 aliphatic carbocycles. The van der Waals surface area contributed by atoms with Gasteiger partial charge in [0.2, 0.25) is 0 Å². The molecule has 0 fully saturated rings. The molecular weight excluding hydrogens is 290 g/mol. The van der Waals surface area contributed by atoms with E-state index in [2.05, 4.69) is 48.5 Å². The summed E-state index contributed by atoms with van der Waals surface area (Å²) in [5.74, 6) is 1.65. The second-order valence-electron chi connectivity index (χ2n) is 5.77. The maximum absolute atomic E-state index is 9.51. The zero-order valence-corrected chi connectivity index (χ0v) is 13.4. The van der Waals surface area contributed by atoms with Gasteiger partial charge in [-0.3, -0.25) is 4.90 Å². The van der Waals surface area contributed by atoms with Gasteiger partial charge in [-0.2, -0.15) is 0 Å². The van der Waals surface area contributed by atoms with Gasteiger partial charge >= 0.3 is 0 Å². The molecule has 3 heteroatoms. The van der Waals surface area contributed by atoms with Gasteiger partial charge in [0.1, 0.15) is 5.75 Å². The summed E-state index contributed by atoms with van der Waals surface area (Å²) >= 11 is 3.37. The fourth-order valence-corrected chi connectivity index (χ4v) is 2.57. The molecule has 2 nitrogen and oxygen atoms in total. The van der Waals surface area contributed by atoms with Gasteiger partial charge in [0.15, 0.2) is 0 Å². The van der Waals surface area contributed by atoms with Crippen molar-refractivity contribution in [3.05, 3.63) is 28.2 Å². The molecule has 0 bridgehead atoms. The van der Waals surface area contributed by atoms with Crippen LogP contribution in [0.25, 0.3) is 0 Å². The van der Waals surface area contributed by atoms with Crippen LogP contribution >= 0.6 is 15.9 Å². The number of halogens is 1. The minimum absolute atomic E-state index is 0.304. The molecule has 0 saturated heterocycles. The molecule has 0 aromatic heterocycles. The van der Waals surface area contributed by atoms with Crippen molar-refractivity contribution in [2.75, 3.05) is 13.1 Å². The third kappa shape index (κ3) is 5.40. The van der Waals surface area contributed by atoms with Crippen LogP contribution in [-0.4, -0.2) is 23.1 Å². The summed E-state index contributed by atoms with van der Waals surface area (Å²) in [6.07, 6.45) is 0. The van der Waals surface area contributed by atoms with E-state index in [0.29, 0.717) is 17.6 Å². The topological polar surface area (TPSA) is 23.5 Å². The summed E-state index contributed by atoms with van der Waals surface area (Å²) in [5, 5.41) is 9.51. The Morgan fingerprint density at radius 3 is 2.11 bits per heavy atom. The first-order valence-electron chi connectivity index (χ1n) is 6.58. The van der Waals surface area contributed by atoms with E-state index in [1.54, 1.807) is 6.07 Å². The standard InChI is InChI=1S/C15H24BrNO/c1-11(2)8-17(9-12(3)4)10-13-5-6-15(18)14(16)7-13/h5-7,11-12,18H,8-10H2,1-4H3. The van der Waals surface area contributed by atoms with Crippen molar-refractivity contribution in [1.82, 2.24) is 4.90 Å². The van der Waals surface area contributed by atoms with Crippen LogP contribution in [0, 0.1) is 11.8 Å². The summed E-state index contributed by atoms with van der Waals surface area (Å²) in [6, 6.07) is 5.75. The number of rotatable bonds is 6. The third-order valence-electron chi connectivity index (χ3n) is 2.66. The normalized spacial score (nSPS) is 11.8. The first kappa shape index (κ1) is 15.5. The van der Waals surface area contributed by atoms with Crippen molar-refractivity contribution in [2.24, 2.45) is 11.8 Å². The quantitative estimate of drug-likeness (QED) is 0.847. The Hall–Kier alpha value is -0.540. The Kier molecular flexibility index (Phi) is 6.16. The smallest absolute Gasteiger partial charge is 0.129 e. The fraction of sp³-hybridized carbons (Fsp3) is 0.600. The largest absolute Gasteiger partial charge is 0.507 e. The highest BCUT2D eigenvalue weighted by molar-refractivity contribution is 9.10. The molecule has 1 aromatic carbocycles. The first-order chi connectivity index (χ1) is 8.38. The Labute approximate surface area is 119 Å². The second-order valence-corrected chi connectivity index (χ2v) is 6.62. The van der Waals surface area contributed by atoms with Crippen LogP contribution in [0.1, 0.15) is 33.3 Å². The van der Waals surface area contributed by atoms with Gasteiger partial charge in [-0.1, -0.05) is 33.8 Å². The van der Waals surface area contributed by atoms with E-state index in [1.165, 1.54) is 5.56 Å². The van der Waals surface area contributed by atoms with Gasteiger partial charge in [0.05, 0.1) is 4.47 Å². The molecule has 0 aliphatic rings. The lowest BCUT2D eigenvalue weighted by atomic mass is 10.1. The Morgan fingerprint density at radius 2 is 1.67 bits per heavy atom. The molecular formula is C15H24BrNO. The minimum Gasteiger partial charge on any atom is -0.507 e. The molecule has 0 spiro atoms. The van der Waals surface area contributed by atoms with E-state index >= 15 is 0 Å². The number of hydrogen-bond acceptors (Lipinski definition) is 2. The second kappa shape index (κ2) is 7.15. The summed E-state index contributed by atoms with van der Waals surface area (Å²) in [7, 11) is 0. The lowest BCUT2D eigenvalue weighted by Gasteiger charge is -2.26. The van der Waals surface area contributed by atoms with Crippen molar-refractivity contribution in [1.29, 1.82) is 0 Å². The molecule has 0 saturated carbocycles.